The first-order valence-electron chi connectivity index (χ1n) is 5.84. The van der Waals surface area contributed by atoms with E-state index in [4.69, 9.17) is 0 Å². The van der Waals surface area contributed by atoms with Gasteiger partial charge in [0.15, 0.2) is 0 Å². The fourth-order valence-corrected chi connectivity index (χ4v) is 3.47. The molecule has 1 nitrogen and oxygen atoms in total. The molecule has 0 spiro atoms. The number of benzene rings is 1. The predicted molar refractivity (Wildman–Crippen MR) is 69.9 cm³/mol. The van der Waals surface area contributed by atoms with Crippen molar-refractivity contribution in [2.45, 2.75) is 44.1 Å². The molecule has 16 heavy (non-hydrogen) atoms. The van der Waals surface area contributed by atoms with Gasteiger partial charge in [-0.1, -0.05) is 29.3 Å². The molecule has 1 saturated carbocycles. The lowest BCUT2D eigenvalue weighted by atomic mass is 10.1. The molecule has 0 aromatic heterocycles. The number of rotatable bonds is 3. The molecule has 0 amide bonds. The summed E-state index contributed by atoms with van der Waals surface area (Å²) in [5.41, 5.74) is 4.05. The zero-order valence-electron chi connectivity index (χ0n) is 9.95. The smallest absolute Gasteiger partial charge is 0.134 e. The van der Waals surface area contributed by atoms with Crippen LogP contribution in [0.5, 0.6) is 0 Å². The Kier molecular flexibility index (Phi) is 3.70. The van der Waals surface area contributed by atoms with Crippen LogP contribution in [0.3, 0.4) is 0 Å². The Morgan fingerprint density at radius 2 is 1.94 bits per heavy atom. The van der Waals surface area contributed by atoms with E-state index in [1.807, 2.05) is 11.8 Å². The number of carbonyl (C=O) groups is 1. The molecular formula is C14H18OS. The van der Waals surface area contributed by atoms with Gasteiger partial charge in [0.2, 0.25) is 0 Å². The van der Waals surface area contributed by atoms with Crippen LogP contribution in [-0.4, -0.2) is 11.0 Å². The van der Waals surface area contributed by atoms with E-state index < -0.39 is 0 Å². The molecule has 0 bridgehead atoms. The minimum absolute atomic E-state index is 0.443. The van der Waals surface area contributed by atoms with Crippen molar-refractivity contribution in [2.75, 3.05) is 0 Å². The highest BCUT2D eigenvalue weighted by atomic mass is 32.2. The Morgan fingerprint density at radius 1 is 1.25 bits per heavy atom. The Hall–Kier alpha value is -0.760. The highest BCUT2D eigenvalue weighted by Gasteiger charge is 2.22. The molecule has 86 valence electrons. The van der Waals surface area contributed by atoms with Crippen molar-refractivity contribution >= 4 is 17.5 Å². The third kappa shape index (κ3) is 3.11. The van der Waals surface area contributed by atoms with Crippen LogP contribution in [-0.2, 0) is 10.5 Å². The van der Waals surface area contributed by atoms with Crippen LogP contribution in [0.4, 0.5) is 0 Å². The Labute approximate surface area is 102 Å². The third-order valence-corrected chi connectivity index (χ3v) is 4.34. The van der Waals surface area contributed by atoms with Gasteiger partial charge in [0, 0.05) is 23.8 Å². The van der Waals surface area contributed by atoms with Crippen LogP contribution >= 0.6 is 11.8 Å². The molecule has 0 N–H and O–H groups in total. The summed E-state index contributed by atoms with van der Waals surface area (Å²) in [4.78, 5) is 11.2. The molecule has 0 aliphatic heterocycles. The van der Waals surface area contributed by atoms with Gasteiger partial charge in [0.1, 0.15) is 5.78 Å². The maximum atomic E-state index is 11.2. The highest BCUT2D eigenvalue weighted by Crippen LogP contribution is 2.30. The van der Waals surface area contributed by atoms with Crippen LogP contribution in [0.2, 0.25) is 0 Å². The minimum atomic E-state index is 0.443. The fourth-order valence-electron chi connectivity index (χ4n) is 2.29. The second-order valence-corrected chi connectivity index (χ2v) is 6.00. The Balaban J connectivity index is 1.91. The summed E-state index contributed by atoms with van der Waals surface area (Å²) in [6.07, 6.45) is 2.66. The minimum Gasteiger partial charge on any atom is -0.300 e. The second-order valence-electron chi connectivity index (χ2n) is 4.71. The molecule has 1 fully saturated rings. The summed E-state index contributed by atoms with van der Waals surface area (Å²) in [6.45, 7) is 4.28. The normalized spacial score (nSPS) is 20.4. The molecule has 2 heteroatoms. The molecule has 0 heterocycles. The number of carbonyl (C=O) groups excluding carboxylic acids is 1. The number of aryl methyl sites for hydroxylation is 2. The molecule has 1 unspecified atom stereocenters. The van der Waals surface area contributed by atoms with Gasteiger partial charge in [-0.05, 0) is 25.8 Å². The van der Waals surface area contributed by atoms with Crippen molar-refractivity contribution in [3.05, 3.63) is 34.9 Å². The van der Waals surface area contributed by atoms with Crippen molar-refractivity contribution in [3.63, 3.8) is 0 Å². The van der Waals surface area contributed by atoms with Crippen LogP contribution in [0, 0.1) is 13.8 Å². The zero-order chi connectivity index (χ0) is 11.5. The molecule has 1 atom stereocenters. The lowest BCUT2D eigenvalue weighted by molar-refractivity contribution is -0.117. The zero-order valence-corrected chi connectivity index (χ0v) is 10.8. The molecule has 1 aliphatic carbocycles. The number of hydrogen-bond acceptors (Lipinski definition) is 2. The van der Waals surface area contributed by atoms with Crippen molar-refractivity contribution in [1.29, 1.82) is 0 Å². The first-order valence-corrected chi connectivity index (χ1v) is 6.89. The average molecular weight is 234 g/mol. The SMILES string of the molecule is Cc1cc(C)cc(CSC2CCC(=O)C2)c1. The van der Waals surface area contributed by atoms with Gasteiger partial charge in [-0.2, -0.15) is 11.8 Å². The molecule has 1 aromatic rings. The molecule has 0 saturated heterocycles. The van der Waals surface area contributed by atoms with Gasteiger partial charge in [-0.3, -0.25) is 4.79 Å². The van der Waals surface area contributed by atoms with Crippen molar-refractivity contribution in [1.82, 2.24) is 0 Å². The monoisotopic (exact) mass is 234 g/mol. The van der Waals surface area contributed by atoms with E-state index in [1.54, 1.807) is 0 Å². The number of hydrogen-bond donors (Lipinski definition) is 0. The lowest BCUT2D eigenvalue weighted by Crippen LogP contribution is -1.97. The van der Waals surface area contributed by atoms with Crippen molar-refractivity contribution in [2.24, 2.45) is 0 Å². The molecule has 1 aromatic carbocycles. The van der Waals surface area contributed by atoms with E-state index >= 15 is 0 Å². The second kappa shape index (κ2) is 5.05. The first-order chi connectivity index (χ1) is 7.63. The van der Waals surface area contributed by atoms with Gasteiger partial charge >= 0.3 is 0 Å². The van der Waals surface area contributed by atoms with E-state index in [0.717, 1.165) is 25.0 Å². The van der Waals surface area contributed by atoms with Gasteiger partial charge in [0.05, 0.1) is 0 Å². The van der Waals surface area contributed by atoms with Gasteiger partial charge in [-0.25, -0.2) is 0 Å². The van der Waals surface area contributed by atoms with Gasteiger partial charge < -0.3 is 0 Å². The molecule has 1 aliphatic rings. The lowest BCUT2D eigenvalue weighted by Gasteiger charge is -2.09. The van der Waals surface area contributed by atoms with Crippen molar-refractivity contribution in [3.8, 4) is 0 Å². The summed E-state index contributed by atoms with van der Waals surface area (Å²) in [6, 6.07) is 6.70. The Bertz CT molecular complexity index is 377. The van der Waals surface area contributed by atoms with E-state index in [9.17, 15) is 4.79 Å². The topological polar surface area (TPSA) is 17.1 Å². The first kappa shape index (κ1) is 11.7. The summed E-state index contributed by atoms with van der Waals surface area (Å²) in [5.74, 6) is 1.48. The number of thioether (sulfide) groups is 1. The largest absolute Gasteiger partial charge is 0.300 e. The summed E-state index contributed by atoms with van der Waals surface area (Å²) in [7, 11) is 0. The summed E-state index contributed by atoms with van der Waals surface area (Å²) >= 11 is 1.94. The Morgan fingerprint density at radius 3 is 2.50 bits per heavy atom. The molecule has 0 radical (unpaired) electrons. The van der Waals surface area contributed by atoms with E-state index in [2.05, 4.69) is 32.0 Å². The van der Waals surface area contributed by atoms with Crippen LogP contribution in [0.1, 0.15) is 36.0 Å². The van der Waals surface area contributed by atoms with Crippen LogP contribution in [0.25, 0.3) is 0 Å². The standard InChI is InChI=1S/C14H18OS/c1-10-5-11(2)7-12(6-10)9-16-14-4-3-13(15)8-14/h5-7,14H,3-4,8-9H2,1-2H3. The maximum absolute atomic E-state index is 11.2. The van der Waals surface area contributed by atoms with E-state index in [1.165, 1.54) is 16.7 Å². The average Bonchev–Trinajstić information content (AvgIpc) is 2.60. The summed E-state index contributed by atoms with van der Waals surface area (Å²) in [5, 5.41) is 0.563. The number of ketones is 1. The van der Waals surface area contributed by atoms with Crippen molar-refractivity contribution < 1.29 is 4.79 Å². The maximum Gasteiger partial charge on any atom is 0.134 e. The summed E-state index contributed by atoms with van der Waals surface area (Å²) < 4.78 is 0. The van der Waals surface area contributed by atoms with Gasteiger partial charge in [-0.15, -0.1) is 0 Å². The van der Waals surface area contributed by atoms with Gasteiger partial charge in [0.25, 0.3) is 0 Å². The quantitative estimate of drug-likeness (QED) is 0.794. The highest BCUT2D eigenvalue weighted by molar-refractivity contribution is 7.99. The van der Waals surface area contributed by atoms with Crippen LogP contribution < -0.4 is 0 Å². The fraction of sp³-hybridized carbons (Fsp3) is 0.500. The van der Waals surface area contributed by atoms with E-state index in [-0.39, 0.29) is 0 Å². The van der Waals surface area contributed by atoms with Crippen LogP contribution in [0.15, 0.2) is 18.2 Å². The number of Topliss-reactive ketones (excluding diaryl/α,β-unsaturated/α-hetero) is 1. The predicted octanol–water partition coefficient (Wildman–Crippen LogP) is 3.66. The molecular weight excluding hydrogens is 216 g/mol. The van der Waals surface area contributed by atoms with E-state index in [0.29, 0.717) is 11.0 Å². The third-order valence-electron chi connectivity index (χ3n) is 2.97. The molecule has 2 rings (SSSR count).